The molecule has 0 spiro atoms. The molecule has 4 aromatic rings. The smallest absolute Gasteiger partial charge is 0.267 e. The lowest BCUT2D eigenvalue weighted by Crippen LogP contribution is -2.21. The van der Waals surface area contributed by atoms with E-state index in [4.69, 9.17) is 9.72 Å². The van der Waals surface area contributed by atoms with E-state index < -0.39 is 0 Å². The summed E-state index contributed by atoms with van der Waals surface area (Å²) >= 11 is 1.33. The van der Waals surface area contributed by atoms with Gasteiger partial charge in [-0.25, -0.2) is 4.98 Å². The maximum atomic E-state index is 13.3. The number of thiophene rings is 1. The number of hydrogen-bond acceptors (Lipinski definition) is 7. The standard InChI is InChI=1S/C28H29N3O4S/c1-16-25-19(15-35-3)7-8-21(17(2)32)27(25)36-26(16)28(34)30-24-10-9-22-18(5-4-6-23(22)29-24)13-31-12-11-20(33)14-31/h4-10,20,33H,11-15H2,1-3H3,(H,29,30,34). The van der Waals surface area contributed by atoms with Crippen LogP contribution in [0.3, 0.4) is 0 Å². The number of ether oxygens (including phenoxy) is 1. The molecule has 1 atom stereocenters. The van der Waals surface area contributed by atoms with Gasteiger partial charge in [0.25, 0.3) is 5.91 Å². The van der Waals surface area contributed by atoms with Crippen molar-refractivity contribution in [2.24, 2.45) is 0 Å². The number of nitrogens with one attached hydrogen (secondary N) is 1. The van der Waals surface area contributed by atoms with Crippen LogP contribution >= 0.6 is 11.3 Å². The molecular formula is C28H29N3O4S. The van der Waals surface area contributed by atoms with Crippen LogP contribution in [0.1, 0.15) is 50.1 Å². The van der Waals surface area contributed by atoms with Gasteiger partial charge in [0.15, 0.2) is 5.78 Å². The maximum absolute atomic E-state index is 13.3. The van der Waals surface area contributed by atoms with Crippen LogP contribution in [-0.2, 0) is 17.9 Å². The highest BCUT2D eigenvalue weighted by Crippen LogP contribution is 2.37. The molecule has 1 fully saturated rings. The molecule has 2 aromatic heterocycles. The first-order valence-electron chi connectivity index (χ1n) is 12.0. The van der Waals surface area contributed by atoms with Crippen LogP contribution in [0.5, 0.6) is 0 Å². The van der Waals surface area contributed by atoms with E-state index in [1.54, 1.807) is 14.0 Å². The molecule has 1 unspecified atom stereocenters. The molecule has 7 nitrogen and oxygen atoms in total. The van der Waals surface area contributed by atoms with Gasteiger partial charge >= 0.3 is 0 Å². The highest BCUT2D eigenvalue weighted by atomic mass is 32.1. The summed E-state index contributed by atoms with van der Waals surface area (Å²) in [6.07, 6.45) is 0.548. The Balaban J connectivity index is 1.44. The van der Waals surface area contributed by atoms with Gasteiger partial charge in [-0.2, -0.15) is 0 Å². The molecule has 8 heteroatoms. The van der Waals surface area contributed by atoms with Crippen LogP contribution < -0.4 is 5.32 Å². The van der Waals surface area contributed by atoms with E-state index in [2.05, 4.69) is 16.3 Å². The summed E-state index contributed by atoms with van der Waals surface area (Å²) in [5, 5.41) is 14.7. The van der Waals surface area contributed by atoms with E-state index in [0.717, 1.165) is 57.2 Å². The lowest BCUT2D eigenvalue weighted by Gasteiger charge is -2.16. The number of aromatic nitrogens is 1. The Hall–Kier alpha value is -3.17. The first-order valence-corrected chi connectivity index (χ1v) is 12.8. The summed E-state index contributed by atoms with van der Waals surface area (Å²) in [5.74, 6) is 0.190. The predicted octanol–water partition coefficient (Wildman–Crippen LogP) is 4.93. The second-order valence-corrected chi connectivity index (χ2v) is 10.4. The second kappa shape index (κ2) is 10.1. The van der Waals surface area contributed by atoms with Gasteiger partial charge < -0.3 is 15.2 Å². The number of Topliss-reactive ketones (excluding diaryl/α,β-unsaturated/α-hetero) is 1. The molecule has 1 amide bonds. The molecule has 1 aliphatic rings. The van der Waals surface area contributed by atoms with Crippen molar-refractivity contribution in [2.45, 2.75) is 39.5 Å². The van der Waals surface area contributed by atoms with E-state index in [1.807, 2.05) is 43.3 Å². The van der Waals surface area contributed by atoms with Gasteiger partial charge in [-0.05, 0) is 61.2 Å². The summed E-state index contributed by atoms with van der Waals surface area (Å²) in [7, 11) is 1.63. The van der Waals surface area contributed by atoms with Crippen LogP contribution in [0, 0.1) is 6.92 Å². The normalized spacial score (nSPS) is 16.2. The van der Waals surface area contributed by atoms with Gasteiger partial charge in [0.05, 0.1) is 23.1 Å². The van der Waals surface area contributed by atoms with Crippen LogP contribution in [-0.4, -0.2) is 53.0 Å². The largest absolute Gasteiger partial charge is 0.392 e. The van der Waals surface area contributed by atoms with E-state index in [-0.39, 0.29) is 17.8 Å². The summed E-state index contributed by atoms with van der Waals surface area (Å²) in [6, 6.07) is 13.5. The summed E-state index contributed by atoms with van der Waals surface area (Å²) in [6.45, 7) is 6.17. The Labute approximate surface area is 213 Å². The number of rotatable bonds is 7. The number of aryl methyl sites for hydroxylation is 1. The zero-order valence-corrected chi connectivity index (χ0v) is 21.4. The molecule has 2 N–H and O–H groups in total. The number of benzene rings is 2. The van der Waals surface area contributed by atoms with E-state index in [1.165, 1.54) is 11.3 Å². The maximum Gasteiger partial charge on any atom is 0.267 e. The van der Waals surface area contributed by atoms with Crippen molar-refractivity contribution in [1.82, 2.24) is 9.88 Å². The van der Waals surface area contributed by atoms with Gasteiger partial charge in [0.2, 0.25) is 0 Å². The number of hydrogen-bond donors (Lipinski definition) is 2. The number of ketones is 1. The van der Waals surface area contributed by atoms with Crippen molar-refractivity contribution < 1.29 is 19.4 Å². The molecule has 0 aliphatic carbocycles. The predicted molar refractivity (Wildman–Crippen MR) is 143 cm³/mol. The van der Waals surface area contributed by atoms with E-state index in [0.29, 0.717) is 29.4 Å². The average Bonchev–Trinajstić information content (AvgIpc) is 3.42. The molecule has 186 valence electrons. The third kappa shape index (κ3) is 4.65. The minimum absolute atomic E-state index is 0.0346. The fourth-order valence-corrected chi connectivity index (χ4v) is 6.31. The topological polar surface area (TPSA) is 91.8 Å². The highest BCUT2D eigenvalue weighted by Gasteiger charge is 2.23. The fraction of sp³-hybridized carbons (Fsp3) is 0.321. The molecule has 3 heterocycles. The third-order valence-corrected chi connectivity index (χ3v) is 8.08. The van der Waals surface area contributed by atoms with E-state index >= 15 is 0 Å². The van der Waals surface area contributed by atoms with Crippen LogP contribution in [0.4, 0.5) is 5.82 Å². The number of methoxy groups -OCH3 is 1. The summed E-state index contributed by atoms with van der Waals surface area (Å²) in [4.78, 5) is 33.1. The lowest BCUT2D eigenvalue weighted by atomic mass is 10.0. The number of β-amino-alcohol motifs (C(OH)–C–C–N with tert-alkyl or cyclic N) is 1. The number of anilines is 1. The fourth-order valence-electron chi connectivity index (χ4n) is 5.00. The molecule has 1 aliphatic heterocycles. The first-order chi connectivity index (χ1) is 17.4. The number of nitrogens with zero attached hydrogens (tertiary/aromatic N) is 2. The molecular weight excluding hydrogens is 474 g/mol. The number of carbonyl (C=O) groups is 2. The number of aliphatic hydroxyl groups is 1. The Morgan fingerprint density at radius 2 is 2.03 bits per heavy atom. The van der Waals surface area contributed by atoms with Crippen LogP contribution in [0.2, 0.25) is 0 Å². The molecule has 0 saturated carbocycles. The summed E-state index contributed by atoms with van der Waals surface area (Å²) in [5.41, 5.74) is 4.35. The van der Waals surface area contributed by atoms with Crippen molar-refractivity contribution in [1.29, 1.82) is 0 Å². The SMILES string of the molecule is COCc1ccc(C(C)=O)c2sc(C(=O)Nc3ccc4c(CN5CCC(O)C5)cccc4n3)c(C)c12. The van der Waals surface area contributed by atoms with E-state index in [9.17, 15) is 14.7 Å². The Kier molecular flexibility index (Phi) is 6.85. The number of aliphatic hydroxyl groups excluding tert-OH is 1. The molecule has 0 radical (unpaired) electrons. The summed E-state index contributed by atoms with van der Waals surface area (Å²) < 4.78 is 6.16. The zero-order chi connectivity index (χ0) is 25.4. The Morgan fingerprint density at radius 3 is 2.75 bits per heavy atom. The number of amides is 1. The molecule has 0 bridgehead atoms. The molecule has 1 saturated heterocycles. The number of likely N-dealkylation sites (tertiary alicyclic amines) is 1. The number of pyridine rings is 1. The van der Waals surface area contributed by atoms with Crippen molar-refractivity contribution in [3.63, 3.8) is 0 Å². The molecule has 2 aromatic carbocycles. The van der Waals surface area contributed by atoms with Crippen molar-refractivity contribution in [3.8, 4) is 0 Å². The van der Waals surface area contributed by atoms with Gasteiger partial charge in [0.1, 0.15) is 5.82 Å². The van der Waals surface area contributed by atoms with Gasteiger partial charge in [-0.3, -0.25) is 14.5 Å². The number of carbonyl (C=O) groups excluding carboxylic acids is 2. The van der Waals surface area contributed by atoms with Crippen molar-refractivity contribution >= 4 is 49.8 Å². The Morgan fingerprint density at radius 1 is 1.19 bits per heavy atom. The van der Waals surface area contributed by atoms with Gasteiger partial charge in [-0.15, -0.1) is 11.3 Å². The minimum atomic E-state index is -0.255. The molecule has 5 rings (SSSR count). The van der Waals surface area contributed by atoms with Crippen LogP contribution in [0.25, 0.3) is 21.0 Å². The zero-order valence-electron chi connectivity index (χ0n) is 20.6. The van der Waals surface area contributed by atoms with Crippen LogP contribution in [0.15, 0.2) is 42.5 Å². The minimum Gasteiger partial charge on any atom is -0.392 e. The Bertz CT molecular complexity index is 1480. The second-order valence-electron chi connectivity index (χ2n) is 9.33. The lowest BCUT2D eigenvalue weighted by molar-refractivity contribution is 0.101. The quantitative estimate of drug-likeness (QED) is 0.348. The highest BCUT2D eigenvalue weighted by molar-refractivity contribution is 7.21. The monoisotopic (exact) mass is 503 g/mol. The van der Waals surface area contributed by atoms with Crippen molar-refractivity contribution in [3.05, 3.63) is 69.6 Å². The van der Waals surface area contributed by atoms with Gasteiger partial charge in [0, 0.05) is 47.8 Å². The average molecular weight is 504 g/mol. The third-order valence-electron chi connectivity index (χ3n) is 6.75. The van der Waals surface area contributed by atoms with Crippen molar-refractivity contribution in [2.75, 3.05) is 25.5 Å². The molecule has 36 heavy (non-hydrogen) atoms. The number of fused-ring (bicyclic) bond motifs is 2. The first kappa shape index (κ1) is 24.5. The van der Waals surface area contributed by atoms with Gasteiger partial charge in [-0.1, -0.05) is 18.2 Å².